The van der Waals surface area contributed by atoms with Crippen molar-refractivity contribution < 1.29 is 18.0 Å². The molecule has 2 aromatic rings. The first-order chi connectivity index (χ1) is 11.5. The molecule has 0 bridgehead atoms. The first kappa shape index (κ1) is 16.3. The second-order valence-corrected chi connectivity index (χ2v) is 7.20. The molecule has 1 N–H and O–H groups in total. The first-order valence-corrected chi connectivity index (χ1v) is 8.96. The zero-order valence-corrected chi connectivity index (χ0v) is 13.5. The van der Waals surface area contributed by atoms with Gasteiger partial charge in [-0.25, -0.2) is 13.1 Å². The maximum atomic E-state index is 12.2. The van der Waals surface area contributed by atoms with Gasteiger partial charge in [-0.15, -0.1) is 0 Å². The summed E-state index contributed by atoms with van der Waals surface area (Å²) in [5.41, 5.74) is 1.20. The van der Waals surface area contributed by atoms with Crippen molar-refractivity contribution in [3.8, 4) is 0 Å². The summed E-state index contributed by atoms with van der Waals surface area (Å²) in [6.07, 6.45) is 1.57. The number of rotatable bonds is 6. The summed E-state index contributed by atoms with van der Waals surface area (Å²) in [4.78, 5) is 29.4. The molecule has 24 heavy (non-hydrogen) atoms. The number of pyridine rings is 1. The van der Waals surface area contributed by atoms with Gasteiger partial charge in [-0.3, -0.25) is 19.5 Å². The molecule has 0 spiro atoms. The van der Waals surface area contributed by atoms with E-state index in [0.29, 0.717) is 16.8 Å². The van der Waals surface area contributed by atoms with Gasteiger partial charge in [0, 0.05) is 12.7 Å². The topological polar surface area (TPSA) is 96.4 Å². The summed E-state index contributed by atoms with van der Waals surface area (Å²) in [7, 11) is -3.64. The summed E-state index contributed by atoms with van der Waals surface area (Å²) in [5, 5.41) is 0. The molecule has 7 nitrogen and oxygen atoms in total. The minimum atomic E-state index is -3.64. The molecule has 1 aromatic heterocycles. The van der Waals surface area contributed by atoms with Gasteiger partial charge in [0.1, 0.15) is 0 Å². The van der Waals surface area contributed by atoms with E-state index in [0.717, 1.165) is 4.90 Å². The van der Waals surface area contributed by atoms with Gasteiger partial charge in [0.25, 0.3) is 11.8 Å². The largest absolute Gasteiger partial charge is 0.273 e. The number of sulfonamides is 1. The Hall–Kier alpha value is -2.58. The van der Waals surface area contributed by atoms with E-state index in [9.17, 15) is 18.0 Å². The Morgan fingerprint density at radius 1 is 0.958 bits per heavy atom. The van der Waals surface area contributed by atoms with Crippen LogP contribution in [0.3, 0.4) is 0 Å². The van der Waals surface area contributed by atoms with Gasteiger partial charge in [-0.2, -0.15) is 0 Å². The molecular formula is C16H15N3O4S. The Bertz CT molecular complexity index is 846. The lowest BCUT2D eigenvalue weighted by Crippen LogP contribution is -2.37. The van der Waals surface area contributed by atoms with Crippen LogP contribution in [0.2, 0.25) is 0 Å². The van der Waals surface area contributed by atoms with Crippen molar-refractivity contribution in [3.05, 3.63) is 65.5 Å². The number of carbonyl (C=O) groups excluding carboxylic acids is 2. The Morgan fingerprint density at radius 2 is 1.58 bits per heavy atom. The van der Waals surface area contributed by atoms with Crippen LogP contribution in [0.5, 0.6) is 0 Å². The van der Waals surface area contributed by atoms with Crippen molar-refractivity contribution in [1.29, 1.82) is 0 Å². The zero-order valence-electron chi connectivity index (χ0n) is 12.7. The molecule has 124 valence electrons. The Labute approximate surface area is 139 Å². The van der Waals surface area contributed by atoms with Crippen molar-refractivity contribution in [2.75, 3.05) is 12.3 Å². The molecule has 0 saturated heterocycles. The SMILES string of the molecule is O=C1c2ccccc2C(=O)N1CCS(=O)(=O)NCc1ccccn1. The molecule has 0 atom stereocenters. The van der Waals surface area contributed by atoms with Crippen molar-refractivity contribution in [2.24, 2.45) is 0 Å². The highest BCUT2D eigenvalue weighted by molar-refractivity contribution is 7.89. The summed E-state index contributed by atoms with van der Waals surface area (Å²) in [6, 6.07) is 11.6. The fraction of sp³-hybridized carbons (Fsp3) is 0.188. The summed E-state index contributed by atoms with van der Waals surface area (Å²) in [5.74, 6) is -1.28. The third-order valence-corrected chi connectivity index (χ3v) is 4.97. The number of benzene rings is 1. The lowest BCUT2D eigenvalue weighted by Gasteiger charge is -2.14. The normalized spacial score (nSPS) is 14.1. The molecule has 3 rings (SSSR count). The molecular weight excluding hydrogens is 330 g/mol. The Balaban J connectivity index is 1.61. The summed E-state index contributed by atoms with van der Waals surface area (Å²) < 4.78 is 26.5. The number of fused-ring (bicyclic) bond motifs is 1. The molecule has 1 aromatic carbocycles. The zero-order chi connectivity index (χ0) is 17.2. The van der Waals surface area contributed by atoms with Crippen LogP contribution in [0.15, 0.2) is 48.7 Å². The van der Waals surface area contributed by atoms with Crippen molar-refractivity contribution in [3.63, 3.8) is 0 Å². The fourth-order valence-electron chi connectivity index (χ4n) is 2.41. The van der Waals surface area contributed by atoms with Gasteiger partial charge >= 0.3 is 0 Å². The summed E-state index contributed by atoms with van der Waals surface area (Å²) >= 11 is 0. The molecule has 0 saturated carbocycles. The fourth-order valence-corrected chi connectivity index (χ4v) is 3.35. The van der Waals surface area contributed by atoms with Crippen LogP contribution in [0.4, 0.5) is 0 Å². The number of aromatic nitrogens is 1. The van der Waals surface area contributed by atoms with E-state index in [2.05, 4.69) is 9.71 Å². The minimum Gasteiger partial charge on any atom is -0.273 e. The van der Waals surface area contributed by atoms with Crippen LogP contribution in [0, 0.1) is 0 Å². The maximum Gasteiger partial charge on any atom is 0.261 e. The maximum absolute atomic E-state index is 12.2. The van der Waals surface area contributed by atoms with E-state index in [4.69, 9.17) is 0 Å². The highest BCUT2D eigenvalue weighted by atomic mass is 32.2. The quantitative estimate of drug-likeness (QED) is 0.781. The van der Waals surface area contributed by atoms with Gasteiger partial charge in [-0.05, 0) is 24.3 Å². The van der Waals surface area contributed by atoms with Crippen LogP contribution in [0.1, 0.15) is 26.4 Å². The predicted octanol–water partition coefficient (Wildman–Crippen LogP) is 0.797. The van der Waals surface area contributed by atoms with Gasteiger partial charge in [0.15, 0.2) is 0 Å². The third-order valence-electron chi connectivity index (χ3n) is 3.66. The van der Waals surface area contributed by atoms with Crippen LogP contribution in [-0.4, -0.2) is 42.4 Å². The summed E-state index contributed by atoms with van der Waals surface area (Å²) in [6.45, 7) is -0.130. The van der Waals surface area contributed by atoms with Gasteiger partial charge < -0.3 is 0 Å². The minimum absolute atomic E-state index is 0.0608. The van der Waals surface area contributed by atoms with E-state index in [1.54, 1.807) is 48.7 Å². The number of nitrogens with one attached hydrogen (secondary N) is 1. The Morgan fingerprint density at radius 3 is 2.17 bits per heavy atom. The molecule has 2 heterocycles. The molecule has 1 aliphatic heterocycles. The number of imide groups is 1. The number of hydrogen-bond donors (Lipinski definition) is 1. The highest BCUT2D eigenvalue weighted by Crippen LogP contribution is 2.22. The van der Waals surface area contributed by atoms with Crippen molar-refractivity contribution in [1.82, 2.24) is 14.6 Å². The highest BCUT2D eigenvalue weighted by Gasteiger charge is 2.35. The molecule has 0 unspecified atom stereocenters. The number of carbonyl (C=O) groups is 2. The smallest absolute Gasteiger partial charge is 0.261 e. The van der Waals surface area contributed by atoms with Crippen molar-refractivity contribution >= 4 is 21.8 Å². The second-order valence-electron chi connectivity index (χ2n) is 5.27. The average molecular weight is 345 g/mol. The van der Waals surface area contributed by atoms with Crippen LogP contribution in [-0.2, 0) is 16.6 Å². The number of nitrogens with zero attached hydrogens (tertiary/aromatic N) is 2. The van der Waals surface area contributed by atoms with Crippen LogP contribution in [0.25, 0.3) is 0 Å². The van der Waals surface area contributed by atoms with Gasteiger partial charge in [0.2, 0.25) is 10.0 Å². The van der Waals surface area contributed by atoms with Gasteiger partial charge in [0.05, 0.1) is 29.1 Å². The average Bonchev–Trinajstić information content (AvgIpc) is 2.84. The molecule has 0 aliphatic carbocycles. The standard InChI is InChI=1S/C16H15N3O4S/c20-15-13-6-1-2-7-14(13)16(21)19(15)9-10-24(22,23)18-11-12-5-3-4-8-17-12/h1-8,18H,9-11H2. The molecule has 8 heteroatoms. The molecule has 0 radical (unpaired) electrons. The van der Waals surface area contributed by atoms with E-state index in [1.165, 1.54) is 0 Å². The molecule has 1 aliphatic rings. The van der Waals surface area contributed by atoms with E-state index in [-0.39, 0.29) is 18.8 Å². The third kappa shape index (κ3) is 3.34. The van der Waals surface area contributed by atoms with E-state index < -0.39 is 21.8 Å². The first-order valence-electron chi connectivity index (χ1n) is 7.30. The monoisotopic (exact) mass is 345 g/mol. The van der Waals surface area contributed by atoms with E-state index >= 15 is 0 Å². The van der Waals surface area contributed by atoms with Crippen molar-refractivity contribution in [2.45, 2.75) is 6.54 Å². The van der Waals surface area contributed by atoms with Crippen LogP contribution < -0.4 is 4.72 Å². The number of hydrogen-bond acceptors (Lipinski definition) is 5. The molecule has 0 fully saturated rings. The second kappa shape index (κ2) is 6.50. The Kier molecular flexibility index (Phi) is 4.41. The lowest BCUT2D eigenvalue weighted by molar-refractivity contribution is 0.0664. The van der Waals surface area contributed by atoms with Gasteiger partial charge in [-0.1, -0.05) is 18.2 Å². The molecule has 2 amide bonds. The van der Waals surface area contributed by atoms with Crippen LogP contribution >= 0.6 is 0 Å². The van der Waals surface area contributed by atoms with E-state index in [1.807, 2.05) is 0 Å². The predicted molar refractivity (Wildman–Crippen MR) is 86.7 cm³/mol. The lowest BCUT2D eigenvalue weighted by atomic mass is 10.1. The number of amides is 2.